The van der Waals surface area contributed by atoms with E-state index in [1.54, 1.807) is 0 Å². The smallest absolute Gasteiger partial charge is 0.234 e. The highest BCUT2D eigenvalue weighted by Crippen LogP contribution is 2.34. The number of anilines is 2. The van der Waals surface area contributed by atoms with Gasteiger partial charge in [-0.05, 0) is 31.5 Å². The second kappa shape index (κ2) is 7.49. The van der Waals surface area contributed by atoms with Crippen molar-refractivity contribution in [3.8, 4) is 0 Å². The second-order valence-corrected chi connectivity index (χ2v) is 9.03. The van der Waals surface area contributed by atoms with Crippen LogP contribution >= 0.6 is 11.3 Å². The molecule has 3 rings (SSSR count). The van der Waals surface area contributed by atoms with Gasteiger partial charge in [-0.1, -0.05) is 17.4 Å². The number of benzene rings is 1. The number of thiazole rings is 1. The highest BCUT2D eigenvalue weighted by Gasteiger charge is 2.33. The Morgan fingerprint density at radius 3 is 2.59 bits per heavy atom. The van der Waals surface area contributed by atoms with Crippen molar-refractivity contribution in [3.05, 3.63) is 40.3 Å². The molecule has 1 aromatic carbocycles. The zero-order valence-corrected chi connectivity index (χ0v) is 16.0. The molecule has 0 amide bonds. The molecule has 1 saturated heterocycles. The number of piperidine rings is 1. The van der Waals surface area contributed by atoms with E-state index in [4.69, 9.17) is 5.73 Å². The molecule has 1 aliphatic rings. The predicted molar refractivity (Wildman–Crippen MR) is 99.5 cm³/mol. The van der Waals surface area contributed by atoms with Gasteiger partial charge in [0.15, 0.2) is 0 Å². The van der Waals surface area contributed by atoms with E-state index >= 15 is 0 Å². The molecule has 3 N–H and O–H groups in total. The Morgan fingerprint density at radius 2 is 2.04 bits per heavy atom. The molecule has 11 heteroatoms. The van der Waals surface area contributed by atoms with Crippen molar-refractivity contribution < 1.29 is 22.0 Å². The lowest BCUT2D eigenvalue weighted by atomic mass is 10.1. The van der Waals surface area contributed by atoms with Crippen molar-refractivity contribution in [2.24, 2.45) is 0 Å². The molecular weight excluding hydrogens is 398 g/mol. The second-order valence-electron chi connectivity index (χ2n) is 6.20. The van der Waals surface area contributed by atoms with Crippen molar-refractivity contribution in [3.63, 3.8) is 0 Å². The number of sulfonamides is 1. The van der Waals surface area contributed by atoms with Crippen LogP contribution in [-0.4, -0.2) is 44.6 Å². The zero-order chi connectivity index (χ0) is 19.8. The van der Waals surface area contributed by atoms with Crippen LogP contribution in [0.3, 0.4) is 0 Å². The Kier molecular flexibility index (Phi) is 5.45. The van der Waals surface area contributed by atoms with E-state index in [9.17, 15) is 22.0 Å². The molecule has 1 aromatic heterocycles. The first-order valence-corrected chi connectivity index (χ1v) is 10.8. The molecule has 2 heterocycles. The summed E-state index contributed by atoms with van der Waals surface area (Å²) >= 11 is 0.708. The summed E-state index contributed by atoms with van der Waals surface area (Å²) in [5.41, 5.74) is 5.04. The normalized spacial score (nSPS) is 17.7. The summed E-state index contributed by atoms with van der Waals surface area (Å²) in [6, 6.07) is 2.69. The summed E-state index contributed by atoms with van der Waals surface area (Å²) in [5, 5.41) is 3.12. The van der Waals surface area contributed by atoms with Gasteiger partial charge in [0.2, 0.25) is 20.9 Å². The van der Waals surface area contributed by atoms with Gasteiger partial charge in [0.25, 0.3) is 0 Å². The first-order chi connectivity index (χ1) is 12.7. The maximum absolute atomic E-state index is 13.9. The molecule has 1 atom stereocenters. The minimum absolute atomic E-state index is 0.00352. The van der Waals surface area contributed by atoms with Gasteiger partial charge >= 0.3 is 0 Å². The van der Waals surface area contributed by atoms with Gasteiger partial charge < -0.3 is 11.1 Å². The summed E-state index contributed by atoms with van der Waals surface area (Å²) in [5.74, 6) is -3.28. The van der Waals surface area contributed by atoms with E-state index in [0.717, 1.165) is 41.7 Å². The minimum atomic E-state index is -3.70. The molecule has 1 fully saturated rings. The van der Waals surface area contributed by atoms with Crippen LogP contribution < -0.4 is 15.4 Å². The number of carbonyl (C=O) groups excluding carboxylic acids is 1. The molecule has 0 spiro atoms. The summed E-state index contributed by atoms with van der Waals surface area (Å²) in [4.78, 5) is 16.4. The average Bonchev–Trinajstić information content (AvgIpc) is 2.95. The fourth-order valence-corrected chi connectivity index (χ4v) is 5.48. The number of nitrogens with one attached hydrogen (secondary N) is 1. The molecule has 1 aliphatic heterocycles. The van der Waals surface area contributed by atoms with E-state index in [2.05, 4.69) is 10.3 Å². The van der Waals surface area contributed by atoms with Crippen LogP contribution in [0.2, 0.25) is 0 Å². The molecule has 0 bridgehead atoms. The number of hydrogen-bond acceptors (Lipinski definition) is 7. The van der Waals surface area contributed by atoms with Crippen molar-refractivity contribution in [2.75, 3.05) is 29.4 Å². The maximum atomic E-state index is 13.9. The van der Waals surface area contributed by atoms with Gasteiger partial charge in [-0.25, -0.2) is 26.5 Å². The Bertz CT molecular complexity index is 952. The number of nitrogens with two attached hydrogens (primary N) is 1. The number of hydrogen-bond donors (Lipinski definition) is 2. The average molecular weight is 416 g/mol. The molecule has 0 saturated carbocycles. The number of ketones is 1. The largest absolute Gasteiger partial charge is 0.382 e. The fourth-order valence-electron chi connectivity index (χ4n) is 3.01. The first kappa shape index (κ1) is 19.6. The van der Waals surface area contributed by atoms with Gasteiger partial charge in [0.05, 0.1) is 17.9 Å². The maximum Gasteiger partial charge on any atom is 0.234 e. The molecule has 7 nitrogen and oxygen atoms in total. The third kappa shape index (κ3) is 3.94. The molecule has 0 aliphatic carbocycles. The lowest BCUT2D eigenvalue weighted by molar-refractivity contribution is 0.103. The number of carbonyl (C=O) groups is 1. The van der Waals surface area contributed by atoms with Crippen molar-refractivity contribution >= 4 is 38.1 Å². The Balaban J connectivity index is 2.03. The summed E-state index contributed by atoms with van der Waals surface area (Å²) in [6.45, 7) is 1.21. The van der Waals surface area contributed by atoms with Crippen LogP contribution in [0.5, 0.6) is 0 Å². The summed E-state index contributed by atoms with van der Waals surface area (Å²) in [7, 11) is -3.70. The summed E-state index contributed by atoms with van der Waals surface area (Å²) in [6.07, 6.45) is 2.44. The summed E-state index contributed by atoms with van der Waals surface area (Å²) < 4.78 is 53.6. The number of aromatic nitrogens is 1. The molecule has 0 radical (unpaired) electrons. The lowest BCUT2D eigenvalue weighted by Crippen LogP contribution is -2.48. The number of nitrogen functional groups attached to an aromatic ring is 1. The van der Waals surface area contributed by atoms with Gasteiger partial charge in [0, 0.05) is 6.54 Å². The fraction of sp³-hybridized carbons (Fsp3) is 0.375. The highest BCUT2D eigenvalue weighted by atomic mass is 32.2. The Labute approximate surface area is 159 Å². The quantitative estimate of drug-likeness (QED) is 0.720. The van der Waals surface area contributed by atoms with Crippen molar-refractivity contribution in [2.45, 2.75) is 18.9 Å². The minimum Gasteiger partial charge on any atom is -0.382 e. The zero-order valence-electron chi connectivity index (χ0n) is 14.4. The standard InChI is InChI=1S/C16H18F2N4O3S2/c1-27(24,25)22(9-4-3-7-20-8-9)16-21-15(19)14(26-16)13(23)12-10(17)5-2-6-11(12)18/h2,5-6,9,20H,3-4,7-8,19H2,1H3. The van der Waals surface area contributed by atoms with Crippen LogP contribution in [-0.2, 0) is 10.0 Å². The number of rotatable bonds is 5. The van der Waals surface area contributed by atoms with Crippen LogP contribution in [0.4, 0.5) is 19.7 Å². The SMILES string of the molecule is CS(=O)(=O)N(c1nc(N)c(C(=O)c2c(F)cccc2F)s1)C1CCCNC1. The third-order valence-electron chi connectivity index (χ3n) is 4.19. The van der Waals surface area contributed by atoms with Crippen molar-refractivity contribution in [1.29, 1.82) is 0 Å². The van der Waals surface area contributed by atoms with E-state index in [1.165, 1.54) is 0 Å². The molecule has 2 aromatic rings. The van der Waals surface area contributed by atoms with Gasteiger partial charge in [-0.15, -0.1) is 0 Å². The monoisotopic (exact) mass is 416 g/mol. The molecule has 146 valence electrons. The lowest BCUT2D eigenvalue weighted by Gasteiger charge is -2.32. The van der Waals surface area contributed by atoms with E-state index in [1.807, 2.05) is 0 Å². The number of halogens is 2. The van der Waals surface area contributed by atoms with Gasteiger partial charge in [0.1, 0.15) is 22.3 Å². The Morgan fingerprint density at radius 1 is 1.37 bits per heavy atom. The topological polar surface area (TPSA) is 105 Å². The third-order valence-corrected chi connectivity index (χ3v) is 6.56. The van der Waals surface area contributed by atoms with E-state index < -0.39 is 33.0 Å². The van der Waals surface area contributed by atoms with E-state index in [-0.39, 0.29) is 21.9 Å². The van der Waals surface area contributed by atoms with Gasteiger partial charge in [-0.2, -0.15) is 0 Å². The highest BCUT2D eigenvalue weighted by molar-refractivity contribution is 7.92. The molecule has 27 heavy (non-hydrogen) atoms. The van der Waals surface area contributed by atoms with E-state index in [0.29, 0.717) is 24.3 Å². The van der Waals surface area contributed by atoms with Crippen LogP contribution in [0.15, 0.2) is 18.2 Å². The van der Waals surface area contributed by atoms with Crippen LogP contribution in [0, 0.1) is 11.6 Å². The first-order valence-electron chi connectivity index (χ1n) is 8.15. The van der Waals surface area contributed by atoms with Crippen LogP contribution in [0.1, 0.15) is 28.1 Å². The number of nitrogens with zero attached hydrogens (tertiary/aromatic N) is 2. The van der Waals surface area contributed by atoms with Crippen LogP contribution in [0.25, 0.3) is 0 Å². The predicted octanol–water partition coefficient (Wildman–Crippen LogP) is 1.75. The van der Waals surface area contributed by atoms with Gasteiger partial charge in [-0.3, -0.25) is 4.79 Å². The van der Waals surface area contributed by atoms with Crippen molar-refractivity contribution in [1.82, 2.24) is 10.3 Å². The Hall–Kier alpha value is -2.11. The molecular formula is C16H18F2N4O3S2. The molecule has 1 unspecified atom stereocenters.